The Balaban J connectivity index is 1.96. The van der Waals surface area contributed by atoms with Gasteiger partial charge in [-0.25, -0.2) is 0 Å². The summed E-state index contributed by atoms with van der Waals surface area (Å²) < 4.78 is 5.00. The lowest BCUT2D eigenvalue weighted by molar-refractivity contribution is 0.102. The topological polar surface area (TPSA) is 77.0 Å². The van der Waals surface area contributed by atoms with Crippen LogP contribution in [0.5, 0.6) is 5.19 Å². The van der Waals surface area contributed by atoms with Gasteiger partial charge < -0.3 is 4.74 Å². The lowest BCUT2D eigenvalue weighted by atomic mass is 9.98. The fraction of sp³-hybridized carbons (Fsp3) is 0.222. The summed E-state index contributed by atoms with van der Waals surface area (Å²) in [6, 6.07) is 10.1. The minimum absolute atomic E-state index is 0.275. The number of ether oxygens (including phenoxy) is 1. The summed E-state index contributed by atoms with van der Waals surface area (Å²) >= 11 is 1.17. The van der Waals surface area contributed by atoms with Crippen LogP contribution in [0.4, 0.5) is 5.13 Å². The van der Waals surface area contributed by atoms with Gasteiger partial charge in [0, 0.05) is 11.9 Å². The minimum Gasteiger partial charge on any atom is -0.472 e. The van der Waals surface area contributed by atoms with Gasteiger partial charge in [-0.15, -0.1) is 5.10 Å². The van der Waals surface area contributed by atoms with Gasteiger partial charge in [-0.2, -0.15) is 0 Å². The summed E-state index contributed by atoms with van der Waals surface area (Å²) in [6.45, 7) is 4.01. The number of carbonyl (C=O) groups is 1. The Kier molecular flexibility index (Phi) is 5.04. The molecule has 0 saturated heterocycles. The molecule has 0 atom stereocenters. The average molecular weight is 354 g/mol. The Morgan fingerprint density at radius 1 is 1.28 bits per heavy atom. The number of rotatable bonds is 5. The maximum atomic E-state index is 12.7. The maximum Gasteiger partial charge on any atom is 0.295 e. The van der Waals surface area contributed by atoms with Crippen molar-refractivity contribution in [2.45, 2.75) is 20.3 Å². The van der Waals surface area contributed by atoms with E-state index in [1.165, 1.54) is 24.0 Å². The summed E-state index contributed by atoms with van der Waals surface area (Å²) in [5.74, 6) is -0.275. The zero-order valence-corrected chi connectivity index (χ0v) is 15.1. The number of benzene rings is 1. The van der Waals surface area contributed by atoms with Crippen molar-refractivity contribution in [1.82, 2.24) is 15.2 Å². The number of hydrogen-bond donors (Lipinski definition) is 1. The molecule has 3 aromatic rings. The minimum atomic E-state index is -0.275. The van der Waals surface area contributed by atoms with E-state index in [2.05, 4.69) is 39.6 Å². The third-order valence-electron chi connectivity index (χ3n) is 3.73. The molecule has 0 aliphatic rings. The van der Waals surface area contributed by atoms with E-state index in [4.69, 9.17) is 4.74 Å². The van der Waals surface area contributed by atoms with E-state index in [1.807, 2.05) is 25.1 Å². The lowest BCUT2D eigenvalue weighted by Gasteiger charge is -2.11. The first-order chi connectivity index (χ1) is 12.1. The van der Waals surface area contributed by atoms with Gasteiger partial charge in [0.15, 0.2) is 0 Å². The van der Waals surface area contributed by atoms with Gasteiger partial charge >= 0.3 is 0 Å². The standard InChI is InChI=1S/C18H18N4O2S/c1-4-12-6-5-7-13(9-12)14-8-11(2)19-10-15(14)16(23)20-17-21-22-18(24-3)25-17/h5-10H,4H2,1-3H3,(H,20,21,23). The predicted molar refractivity (Wildman–Crippen MR) is 98.2 cm³/mol. The Morgan fingerprint density at radius 2 is 2.12 bits per heavy atom. The quantitative estimate of drug-likeness (QED) is 0.755. The molecular weight excluding hydrogens is 336 g/mol. The van der Waals surface area contributed by atoms with Gasteiger partial charge in [0.2, 0.25) is 5.13 Å². The molecule has 0 radical (unpaired) electrons. The van der Waals surface area contributed by atoms with E-state index in [9.17, 15) is 4.79 Å². The molecule has 25 heavy (non-hydrogen) atoms. The Morgan fingerprint density at radius 3 is 2.84 bits per heavy atom. The molecule has 0 aliphatic carbocycles. The fourth-order valence-electron chi connectivity index (χ4n) is 2.45. The van der Waals surface area contributed by atoms with Crippen LogP contribution in [0.2, 0.25) is 0 Å². The highest BCUT2D eigenvalue weighted by Gasteiger charge is 2.16. The number of anilines is 1. The number of methoxy groups -OCH3 is 1. The van der Waals surface area contributed by atoms with Crippen LogP contribution in [0.1, 0.15) is 28.5 Å². The fourth-order valence-corrected chi connectivity index (χ4v) is 3.00. The van der Waals surface area contributed by atoms with Crippen molar-refractivity contribution in [3.63, 3.8) is 0 Å². The monoisotopic (exact) mass is 354 g/mol. The zero-order chi connectivity index (χ0) is 17.8. The molecule has 1 amide bonds. The predicted octanol–water partition coefficient (Wildman–Crippen LogP) is 3.73. The van der Waals surface area contributed by atoms with Crippen LogP contribution < -0.4 is 10.1 Å². The van der Waals surface area contributed by atoms with E-state index in [0.29, 0.717) is 15.9 Å². The lowest BCUT2D eigenvalue weighted by Crippen LogP contribution is -2.14. The largest absolute Gasteiger partial charge is 0.472 e. The summed E-state index contributed by atoms with van der Waals surface area (Å²) in [5, 5.41) is 11.2. The number of amides is 1. The van der Waals surface area contributed by atoms with Crippen molar-refractivity contribution >= 4 is 22.4 Å². The molecule has 1 N–H and O–H groups in total. The van der Waals surface area contributed by atoms with E-state index in [1.54, 1.807) is 6.20 Å². The van der Waals surface area contributed by atoms with Crippen molar-refractivity contribution in [2.75, 3.05) is 12.4 Å². The number of aryl methyl sites for hydroxylation is 2. The molecule has 1 aromatic carbocycles. The van der Waals surface area contributed by atoms with Crippen LogP contribution in [0.15, 0.2) is 36.5 Å². The average Bonchev–Trinajstić information content (AvgIpc) is 3.09. The molecule has 0 spiro atoms. The molecule has 128 valence electrons. The molecule has 0 fully saturated rings. The summed E-state index contributed by atoms with van der Waals surface area (Å²) in [4.78, 5) is 17.0. The van der Waals surface area contributed by atoms with Crippen LogP contribution in [0.3, 0.4) is 0 Å². The molecule has 0 saturated carbocycles. The van der Waals surface area contributed by atoms with Crippen molar-refractivity contribution in [3.8, 4) is 16.3 Å². The number of nitrogens with zero attached hydrogens (tertiary/aromatic N) is 3. The molecule has 2 aromatic heterocycles. The van der Waals surface area contributed by atoms with Crippen LogP contribution in [0, 0.1) is 6.92 Å². The number of pyridine rings is 1. The molecule has 3 rings (SSSR count). The Bertz CT molecular complexity index is 908. The summed E-state index contributed by atoms with van der Waals surface area (Å²) in [5.41, 5.74) is 4.40. The van der Waals surface area contributed by atoms with Crippen molar-refractivity contribution in [1.29, 1.82) is 0 Å². The first-order valence-electron chi connectivity index (χ1n) is 7.85. The Labute approximate surface area is 149 Å². The van der Waals surface area contributed by atoms with Crippen molar-refractivity contribution in [2.24, 2.45) is 0 Å². The molecule has 2 heterocycles. The second-order valence-corrected chi connectivity index (χ2v) is 6.40. The first-order valence-corrected chi connectivity index (χ1v) is 8.67. The maximum absolute atomic E-state index is 12.7. The highest BCUT2D eigenvalue weighted by molar-refractivity contribution is 7.17. The number of aromatic nitrogens is 3. The number of nitrogens with one attached hydrogen (secondary N) is 1. The second kappa shape index (κ2) is 7.40. The van der Waals surface area contributed by atoms with Gasteiger partial charge in [0.1, 0.15) is 0 Å². The number of hydrogen-bond acceptors (Lipinski definition) is 6. The van der Waals surface area contributed by atoms with Gasteiger partial charge in [-0.05, 0) is 47.4 Å². The van der Waals surface area contributed by atoms with Gasteiger partial charge in [0.05, 0.1) is 12.7 Å². The summed E-state index contributed by atoms with van der Waals surface area (Å²) in [6.07, 6.45) is 2.53. The molecule has 0 aliphatic heterocycles. The molecule has 0 unspecified atom stereocenters. The van der Waals surface area contributed by atoms with E-state index >= 15 is 0 Å². The molecular formula is C18H18N4O2S. The zero-order valence-electron chi connectivity index (χ0n) is 14.2. The van der Waals surface area contributed by atoms with Crippen LogP contribution in [-0.4, -0.2) is 28.2 Å². The molecule has 0 bridgehead atoms. The normalized spacial score (nSPS) is 10.5. The van der Waals surface area contributed by atoms with Crippen LogP contribution in [0.25, 0.3) is 11.1 Å². The number of carbonyl (C=O) groups excluding carboxylic acids is 1. The Hall–Kier alpha value is -2.80. The molecule has 6 nitrogen and oxygen atoms in total. The SMILES string of the molecule is CCc1cccc(-c2cc(C)ncc2C(=O)Nc2nnc(OC)s2)c1. The third kappa shape index (κ3) is 3.83. The summed E-state index contributed by atoms with van der Waals surface area (Å²) in [7, 11) is 1.51. The first kappa shape index (κ1) is 17.0. The van der Waals surface area contributed by atoms with E-state index in [0.717, 1.165) is 23.2 Å². The molecule has 7 heteroatoms. The second-order valence-electron chi connectivity index (χ2n) is 5.46. The van der Waals surface area contributed by atoms with E-state index in [-0.39, 0.29) is 5.91 Å². The highest BCUT2D eigenvalue weighted by atomic mass is 32.1. The van der Waals surface area contributed by atoms with E-state index < -0.39 is 0 Å². The van der Waals surface area contributed by atoms with Crippen molar-refractivity contribution in [3.05, 3.63) is 53.3 Å². The third-order valence-corrected chi connectivity index (χ3v) is 4.53. The van der Waals surface area contributed by atoms with Gasteiger partial charge in [-0.1, -0.05) is 36.3 Å². The van der Waals surface area contributed by atoms with Crippen molar-refractivity contribution < 1.29 is 9.53 Å². The van der Waals surface area contributed by atoms with Crippen LogP contribution in [-0.2, 0) is 6.42 Å². The van der Waals surface area contributed by atoms with Gasteiger partial charge in [-0.3, -0.25) is 15.1 Å². The van der Waals surface area contributed by atoms with Crippen LogP contribution >= 0.6 is 11.3 Å². The highest BCUT2D eigenvalue weighted by Crippen LogP contribution is 2.27. The smallest absolute Gasteiger partial charge is 0.295 e. The van der Waals surface area contributed by atoms with Gasteiger partial charge in [0.25, 0.3) is 11.1 Å².